The molecule has 4 amide bonds. The Bertz CT molecular complexity index is 1060. The van der Waals surface area contributed by atoms with Gasteiger partial charge in [0, 0.05) is 18.7 Å². The van der Waals surface area contributed by atoms with Crippen molar-refractivity contribution >= 4 is 46.6 Å². The molecule has 0 spiro atoms. The SMILES string of the molecule is CC(C)C(C(=O)Nc1ccc(N2C(=O)c3ccccc3C2=O)c(Cl)c1)N1CCCC1=O. The number of nitrogens with one attached hydrogen (secondary N) is 1. The predicted molar refractivity (Wildman–Crippen MR) is 117 cm³/mol. The van der Waals surface area contributed by atoms with Crippen molar-refractivity contribution in [2.24, 2.45) is 5.92 Å². The highest BCUT2D eigenvalue weighted by Gasteiger charge is 2.38. The zero-order valence-corrected chi connectivity index (χ0v) is 18.0. The summed E-state index contributed by atoms with van der Waals surface area (Å²) in [7, 11) is 0. The second kappa shape index (κ2) is 8.15. The van der Waals surface area contributed by atoms with Gasteiger partial charge in [0.1, 0.15) is 6.04 Å². The Morgan fingerprint density at radius 1 is 1.03 bits per heavy atom. The van der Waals surface area contributed by atoms with Gasteiger partial charge in [-0.05, 0) is 42.7 Å². The van der Waals surface area contributed by atoms with E-state index in [1.807, 2.05) is 13.8 Å². The Morgan fingerprint density at radius 3 is 2.19 bits per heavy atom. The van der Waals surface area contributed by atoms with Gasteiger partial charge in [-0.25, -0.2) is 4.90 Å². The third-order valence-corrected chi connectivity index (χ3v) is 5.90. The van der Waals surface area contributed by atoms with Crippen LogP contribution in [-0.4, -0.2) is 41.1 Å². The van der Waals surface area contributed by atoms with Crippen LogP contribution in [0.3, 0.4) is 0 Å². The molecule has 1 fully saturated rings. The predicted octanol–water partition coefficient (Wildman–Crippen LogP) is 3.73. The van der Waals surface area contributed by atoms with Crippen molar-refractivity contribution in [3.63, 3.8) is 0 Å². The first kappa shape index (κ1) is 21.1. The lowest BCUT2D eigenvalue weighted by Crippen LogP contribution is -2.47. The van der Waals surface area contributed by atoms with E-state index < -0.39 is 17.9 Å². The van der Waals surface area contributed by atoms with Crippen molar-refractivity contribution in [1.29, 1.82) is 0 Å². The molecular weight excluding hydrogens is 418 g/mol. The van der Waals surface area contributed by atoms with E-state index >= 15 is 0 Å². The van der Waals surface area contributed by atoms with Crippen molar-refractivity contribution in [3.05, 3.63) is 58.6 Å². The number of carbonyl (C=O) groups is 4. The number of nitrogens with zero attached hydrogens (tertiary/aromatic N) is 2. The van der Waals surface area contributed by atoms with Crippen LogP contribution in [0, 0.1) is 5.92 Å². The van der Waals surface area contributed by atoms with Crippen LogP contribution in [0.25, 0.3) is 0 Å². The fraction of sp³-hybridized carbons (Fsp3) is 0.304. The van der Waals surface area contributed by atoms with Gasteiger partial charge in [-0.1, -0.05) is 37.6 Å². The van der Waals surface area contributed by atoms with Gasteiger partial charge in [0.25, 0.3) is 11.8 Å². The molecule has 1 N–H and O–H groups in total. The molecule has 2 aliphatic rings. The number of hydrogen-bond acceptors (Lipinski definition) is 4. The molecule has 0 aromatic heterocycles. The number of amides is 4. The summed E-state index contributed by atoms with van der Waals surface area (Å²) in [6.45, 7) is 4.36. The molecule has 0 bridgehead atoms. The third-order valence-electron chi connectivity index (χ3n) is 5.60. The van der Waals surface area contributed by atoms with Crippen molar-refractivity contribution in [3.8, 4) is 0 Å². The molecule has 2 aromatic rings. The molecule has 160 valence electrons. The second-order valence-electron chi connectivity index (χ2n) is 8.03. The van der Waals surface area contributed by atoms with Crippen LogP contribution in [0.4, 0.5) is 11.4 Å². The number of fused-ring (bicyclic) bond motifs is 1. The lowest BCUT2D eigenvalue weighted by molar-refractivity contribution is -0.136. The molecule has 4 rings (SSSR count). The maximum atomic E-state index is 12.9. The Labute approximate surface area is 185 Å². The first-order chi connectivity index (χ1) is 14.8. The Hall–Kier alpha value is -3.19. The van der Waals surface area contributed by atoms with Gasteiger partial charge >= 0.3 is 0 Å². The first-order valence-corrected chi connectivity index (χ1v) is 10.5. The molecule has 1 saturated heterocycles. The minimum atomic E-state index is -0.579. The summed E-state index contributed by atoms with van der Waals surface area (Å²) in [6.07, 6.45) is 1.20. The Balaban J connectivity index is 1.56. The van der Waals surface area contributed by atoms with Crippen LogP contribution in [0.15, 0.2) is 42.5 Å². The monoisotopic (exact) mass is 439 g/mol. The molecule has 1 atom stereocenters. The largest absolute Gasteiger partial charge is 0.330 e. The molecular formula is C23H22ClN3O4. The lowest BCUT2D eigenvalue weighted by atomic mass is 10.0. The van der Waals surface area contributed by atoms with E-state index in [9.17, 15) is 19.2 Å². The highest BCUT2D eigenvalue weighted by Crippen LogP contribution is 2.35. The summed E-state index contributed by atoms with van der Waals surface area (Å²) in [5, 5.41) is 2.97. The average Bonchev–Trinajstić information content (AvgIpc) is 3.24. The zero-order chi connectivity index (χ0) is 22.3. The van der Waals surface area contributed by atoms with Gasteiger partial charge < -0.3 is 10.2 Å². The molecule has 0 radical (unpaired) electrons. The number of imide groups is 1. The highest BCUT2D eigenvalue weighted by atomic mass is 35.5. The Kier molecular flexibility index (Phi) is 5.54. The van der Waals surface area contributed by atoms with Gasteiger partial charge in [-0.15, -0.1) is 0 Å². The highest BCUT2D eigenvalue weighted by molar-refractivity contribution is 6.40. The number of benzene rings is 2. The number of anilines is 2. The average molecular weight is 440 g/mol. The van der Waals surface area contributed by atoms with Gasteiger partial charge in [0.2, 0.25) is 11.8 Å². The third kappa shape index (κ3) is 3.70. The van der Waals surface area contributed by atoms with E-state index in [2.05, 4.69) is 5.32 Å². The van der Waals surface area contributed by atoms with Gasteiger partial charge in [0.05, 0.1) is 21.8 Å². The van der Waals surface area contributed by atoms with E-state index in [-0.39, 0.29) is 28.4 Å². The van der Waals surface area contributed by atoms with E-state index in [1.54, 1.807) is 35.2 Å². The van der Waals surface area contributed by atoms with Crippen LogP contribution in [0.1, 0.15) is 47.4 Å². The molecule has 2 aliphatic heterocycles. The summed E-state index contributed by atoms with van der Waals surface area (Å²) in [4.78, 5) is 53.1. The summed E-state index contributed by atoms with van der Waals surface area (Å²) < 4.78 is 0. The van der Waals surface area contributed by atoms with Gasteiger partial charge in [-0.2, -0.15) is 0 Å². The molecule has 0 aliphatic carbocycles. The molecule has 0 saturated carbocycles. The molecule has 31 heavy (non-hydrogen) atoms. The van der Waals surface area contributed by atoms with Gasteiger partial charge in [0.15, 0.2) is 0 Å². The first-order valence-electron chi connectivity index (χ1n) is 10.2. The minimum absolute atomic E-state index is 0.0205. The Morgan fingerprint density at radius 2 is 1.68 bits per heavy atom. The van der Waals surface area contributed by atoms with Gasteiger partial charge in [-0.3, -0.25) is 19.2 Å². The summed E-state index contributed by atoms with van der Waals surface area (Å²) in [6, 6.07) is 10.6. The van der Waals surface area contributed by atoms with Crippen LogP contribution in [-0.2, 0) is 9.59 Å². The standard InChI is InChI=1S/C23H22ClN3O4/c1-13(2)20(26-11-5-8-19(26)28)21(29)25-14-9-10-18(17(24)12-14)27-22(30)15-6-3-4-7-16(15)23(27)31/h3-4,6-7,9-10,12-13,20H,5,8,11H2,1-2H3,(H,25,29). The van der Waals surface area contributed by atoms with E-state index in [4.69, 9.17) is 11.6 Å². The topological polar surface area (TPSA) is 86.8 Å². The fourth-order valence-corrected chi connectivity index (χ4v) is 4.42. The van der Waals surface area contributed by atoms with Crippen LogP contribution in [0.5, 0.6) is 0 Å². The smallest absolute Gasteiger partial charge is 0.266 e. The molecule has 2 aromatic carbocycles. The summed E-state index contributed by atoms with van der Waals surface area (Å²) in [5.41, 5.74) is 1.33. The maximum Gasteiger partial charge on any atom is 0.266 e. The molecule has 7 nitrogen and oxygen atoms in total. The van der Waals surface area contributed by atoms with E-state index in [0.717, 1.165) is 11.3 Å². The fourth-order valence-electron chi connectivity index (χ4n) is 4.16. The number of hydrogen-bond donors (Lipinski definition) is 1. The van der Waals surface area contributed by atoms with Crippen molar-refractivity contribution < 1.29 is 19.2 Å². The van der Waals surface area contributed by atoms with E-state index in [0.29, 0.717) is 29.8 Å². The second-order valence-corrected chi connectivity index (χ2v) is 8.43. The number of likely N-dealkylation sites (tertiary alicyclic amines) is 1. The lowest BCUT2D eigenvalue weighted by Gasteiger charge is -2.30. The van der Waals surface area contributed by atoms with Crippen molar-refractivity contribution in [2.45, 2.75) is 32.7 Å². The zero-order valence-electron chi connectivity index (χ0n) is 17.2. The molecule has 8 heteroatoms. The van der Waals surface area contributed by atoms with E-state index in [1.165, 1.54) is 12.1 Å². The summed E-state index contributed by atoms with van der Waals surface area (Å²) >= 11 is 6.40. The normalized spacial score (nSPS) is 16.8. The summed E-state index contributed by atoms with van der Waals surface area (Å²) in [5.74, 6) is -1.25. The van der Waals surface area contributed by atoms with Crippen molar-refractivity contribution in [1.82, 2.24) is 4.90 Å². The van der Waals surface area contributed by atoms with Crippen LogP contribution < -0.4 is 10.2 Å². The van der Waals surface area contributed by atoms with Crippen LogP contribution in [0.2, 0.25) is 5.02 Å². The maximum absolute atomic E-state index is 12.9. The quantitative estimate of drug-likeness (QED) is 0.719. The number of carbonyl (C=O) groups excluding carboxylic acids is 4. The minimum Gasteiger partial charge on any atom is -0.330 e. The number of halogens is 1. The van der Waals surface area contributed by atoms with Crippen molar-refractivity contribution in [2.75, 3.05) is 16.8 Å². The molecule has 1 unspecified atom stereocenters. The number of rotatable bonds is 5. The van der Waals surface area contributed by atoms with Crippen LogP contribution >= 0.6 is 11.6 Å². The molecule has 2 heterocycles.